The van der Waals surface area contributed by atoms with Crippen LogP contribution in [0.1, 0.15) is 0 Å². The number of allylic oxidation sites excluding steroid dienone is 2. The molecule has 2 aromatic rings. The fourth-order valence-corrected chi connectivity index (χ4v) is 3.83. The number of nitrogen functional groups attached to an aromatic ring is 1. The number of nitrogens with zero attached hydrogens (tertiary/aromatic N) is 4. The van der Waals surface area contributed by atoms with Gasteiger partial charge in [-0.1, -0.05) is 12.2 Å². The van der Waals surface area contributed by atoms with Crippen molar-refractivity contribution < 1.29 is 25.5 Å². The Bertz CT molecular complexity index is 1050. The monoisotopic (exact) mass is 498 g/mol. The second-order valence-corrected chi connectivity index (χ2v) is 8.10. The van der Waals surface area contributed by atoms with Crippen molar-refractivity contribution in [3.8, 4) is 5.88 Å². The van der Waals surface area contributed by atoms with Crippen LogP contribution >= 0.6 is 0 Å². The minimum atomic E-state index is -0.312. The van der Waals surface area contributed by atoms with Gasteiger partial charge >= 0.3 is 0 Å². The first-order valence-corrected chi connectivity index (χ1v) is 11.7. The molecule has 0 atom stereocenters. The van der Waals surface area contributed by atoms with Gasteiger partial charge in [-0.3, -0.25) is 4.90 Å². The van der Waals surface area contributed by atoms with Gasteiger partial charge in [-0.15, -0.1) is 0 Å². The molecule has 0 bridgehead atoms. The summed E-state index contributed by atoms with van der Waals surface area (Å²) >= 11 is 0. The first-order valence-electron chi connectivity index (χ1n) is 11.7. The van der Waals surface area contributed by atoms with Gasteiger partial charge in [0.15, 0.2) is 5.82 Å². The highest BCUT2D eigenvalue weighted by atomic mass is 16.3. The summed E-state index contributed by atoms with van der Waals surface area (Å²) in [6, 6.07) is 8.82. The average Bonchev–Trinajstić information content (AvgIpc) is 2.88. The van der Waals surface area contributed by atoms with Crippen molar-refractivity contribution in [1.29, 1.82) is 0 Å². The van der Waals surface area contributed by atoms with Crippen LogP contribution < -0.4 is 16.0 Å². The normalized spacial score (nSPS) is 14.9. The van der Waals surface area contributed by atoms with E-state index in [2.05, 4.69) is 15.3 Å². The summed E-state index contributed by atoms with van der Waals surface area (Å²) < 4.78 is 0. The standard InChI is InChI=1S/C25H34N6O5/c26-22-17-23(27-18-1-5-20(6-2-18)30(9-13-32)10-14-33)24(29-25(22)36)28-19-3-7-21(8-4-19)31(11-15-34)12-16-35/h1-8,17,20,32-35H,9-16,26H2,(H2,28,29,36). The van der Waals surface area contributed by atoms with Crippen LogP contribution in [0, 0.1) is 0 Å². The average molecular weight is 499 g/mol. The summed E-state index contributed by atoms with van der Waals surface area (Å²) in [6.45, 7) is 1.63. The Morgan fingerprint density at radius 2 is 1.47 bits per heavy atom. The summed E-state index contributed by atoms with van der Waals surface area (Å²) in [6.07, 6.45) is 7.53. The van der Waals surface area contributed by atoms with Crippen LogP contribution in [-0.2, 0) is 0 Å². The Morgan fingerprint density at radius 3 is 2.03 bits per heavy atom. The lowest BCUT2D eigenvalue weighted by Gasteiger charge is -2.27. The quantitative estimate of drug-likeness (QED) is 0.209. The molecular formula is C25H34N6O5. The fraction of sp³-hybridized carbons (Fsp3) is 0.360. The number of hydrogen-bond acceptors (Lipinski definition) is 11. The van der Waals surface area contributed by atoms with Gasteiger partial charge in [0.05, 0.1) is 37.8 Å². The number of aromatic nitrogens is 1. The first kappa shape index (κ1) is 27.1. The maximum atomic E-state index is 10.1. The maximum absolute atomic E-state index is 10.1. The highest BCUT2D eigenvalue weighted by molar-refractivity contribution is 6.07. The minimum Gasteiger partial charge on any atom is -0.492 e. The van der Waals surface area contributed by atoms with Gasteiger partial charge in [-0.25, -0.2) is 4.99 Å². The highest BCUT2D eigenvalue weighted by Gasteiger charge is 2.16. The summed E-state index contributed by atoms with van der Waals surface area (Å²) in [5.41, 5.74) is 8.60. The molecule has 1 aromatic heterocycles. The van der Waals surface area contributed by atoms with E-state index in [-0.39, 0.29) is 44.0 Å². The summed E-state index contributed by atoms with van der Waals surface area (Å²) in [7, 11) is 0. The molecule has 11 nitrogen and oxygen atoms in total. The van der Waals surface area contributed by atoms with Crippen molar-refractivity contribution in [2.45, 2.75) is 6.04 Å². The predicted molar refractivity (Wildman–Crippen MR) is 141 cm³/mol. The molecule has 36 heavy (non-hydrogen) atoms. The number of nitrogens with one attached hydrogen (secondary N) is 1. The first-order chi connectivity index (χ1) is 17.5. The Hall–Kier alpha value is -3.48. The number of benzene rings is 1. The van der Waals surface area contributed by atoms with Crippen molar-refractivity contribution in [3.05, 3.63) is 54.6 Å². The summed E-state index contributed by atoms with van der Waals surface area (Å²) in [5, 5.41) is 50.3. The molecule has 1 aliphatic carbocycles. The predicted octanol–water partition coefficient (Wildman–Crippen LogP) is 0.758. The van der Waals surface area contributed by atoms with Crippen molar-refractivity contribution in [1.82, 2.24) is 9.88 Å². The number of nitrogens with two attached hydrogens (primary N) is 1. The molecule has 0 fully saturated rings. The molecule has 194 valence electrons. The highest BCUT2D eigenvalue weighted by Crippen LogP contribution is 2.33. The van der Waals surface area contributed by atoms with E-state index in [9.17, 15) is 25.5 Å². The fourth-order valence-electron chi connectivity index (χ4n) is 3.83. The summed E-state index contributed by atoms with van der Waals surface area (Å²) in [5.74, 6) is 0.00390. The third-order valence-electron chi connectivity index (χ3n) is 5.62. The maximum Gasteiger partial charge on any atom is 0.236 e. The van der Waals surface area contributed by atoms with E-state index in [0.717, 1.165) is 5.69 Å². The number of aliphatic hydroxyl groups excluding tert-OH is 4. The van der Waals surface area contributed by atoms with Gasteiger partial charge in [0.25, 0.3) is 0 Å². The lowest BCUT2D eigenvalue weighted by atomic mass is 10.1. The molecule has 0 spiro atoms. The van der Waals surface area contributed by atoms with Gasteiger partial charge in [0, 0.05) is 43.6 Å². The second kappa shape index (κ2) is 13.6. The van der Waals surface area contributed by atoms with Crippen LogP contribution in [0.3, 0.4) is 0 Å². The SMILES string of the molecule is Nc1cc(N=C2C=CC(N(CCO)CCO)C=C2)c(Nc2ccc(N(CCO)CCO)cc2)nc1O. The van der Waals surface area contributed by atoms with Crippen LogP contribution in [0.25, 0.3) is 0 Å². The largest absolute Gasteiger partial charge is 0.492 e. The molecule has 0 aliphatic heterocycles. The van der Waals surface area contributed by atoms with Gasteiger partial charge < -0.3 is 41.5 Å². The molecule has 1 heterocycles. The zero-order valence-electron chi connectivity index (χ0n) is 20.0. The number of aromatic hydroxyl groups is 1. The smallest absolute Gasteiger partial charge is 0.236 e. The number of pyridine rings is 1. The molecule has 1 aliphatic rings. The number of rotatable bonds is 13. The number of anilines is 4. The van der Waals surface area contributed by atoms with Crippen molar-refractivity contribution in [2.24, 2.45) is 4.99 Å². The molecule has 0 amide bonds. The van der Waals surface area contributed by atoms with E-state index in [0.29, 0.717) is 49.1 Å². The second-order valence-electron chi connectivity index (χ2n) is 8.10. The van der Waals surface area contributed by atoms with Crippen LogP contribution in [0.15, 0.2) is 59.6 Å². The zero-order valence-corrected chi connectivity index (χ0v) is 20.0. The van der Waals surface area contributed by atoms with E-state index in [1.165, 1.54) is 6.07 Å². The Morgan fingerprint density at radius 1 is 0.889 bits per heavy atom. The van der Waals surface area contributed by atoms with Crippen molar-refractivity contribution >= 4 is 34.3 Å². The van der Waals surface area contributed by atoms with E-state index in [1.807, 2.05) is 58.4 Å². The topological polar surface area (TPSA) is 171 Å². The molecule has 1 aromatic carbocycles. The lowest BCUT2D eigenvalue weighted by Crippen LogP contribution is -2.38. The molecule has 0 radical (unpaired) electrons. The molecular weight excluding hydrogens is 464 g/mol. The number of aliphatic hydroxyl groups is 4. The Kier molecular flexibility index (Phi) is 10.2. The number of hydrogen-bond donors (Lipinski definition) is 7. The van der Waals surface area contributed by atoms with E-state index >= 15 is 0 Å². The van der Waals surface area contributed by atoms with Gasteiger partial charge in [0.1, 0.15) is 5.69 Å². The third kappa shape index (κ3) is 7.26. The van der Waals surface area contributed by atoms with E-state index < -0.39 is 0 Å². The summed E-state index contributed by atoms with van der Waals surface area (Å²) in [4.78, 5) is 12.6. The molecule has 0 unspecified atom stereocenters. The van der Waals surface area contributed by atoms with Crippen LogP contribution in [0.5, 0.6) is 5.88 Å². The van der Waals surface area contributed by atoms with E-state index in [4.69, 9.17) is 5.73 Å². The zero-order chi connectivity index (χ0) is 25.9. The van der Waals surface area contributed by atoms with Crippen LogP contribution in [0.4, 0.5) is 28.6 Å². The lowest BCUT2D eigenvalue weighted by molar-refractivity contribution is 0.153. The number of aliphatic imine (C=N–C) groups is 1. The molecule has 0 saturated heterocycles. The van der Waals surface area contributed by atoms with Gasteiger partial charge in [-0.05, 0) is 42.5 Å². The van der Waals surface area contributed by atoms with Crippen LogP contribution in [-0.4, -0.2) is 99.8 Å². The van der Waals surface area contributed by atoms with Crippen molar-refractivity contribution in [3.63, 3.8) is 0 Å². The minimum absolute atomic E-state index is 0.00547. The van der Waals surface area contributed by atoms with Crippen LogP contribution in [0.2, 0.25) is 0 Å². The van der Waals surface area contributed by atoms with E-state index in [1.54, 1.807) is 0 Å². The molecule has 0 saturated carbocycles. The van der Waals surface area contributed by atoms with Gasteiger partial charge in [0.2, 0.25) is 5.88 Å². The Labute approximate surface area is 210 Å². The Balaban J connectivity index is 1.81. The molecule has 3 rings (SSSR count). The molecule has 8 N–H and O–H groups in total. The van der Waals surface area contributed by atoms with Gasteiger partial charge in [-0.2, -0.15) is 4.98 Å². The molecule has 11 heteroatoms. The third-order valence-corrected chi connectivity index (χ3v) is 5.62. The van der Waals surface area contributed by atoms with Crippen molar-refractivity contribution in [2.75, 3.05) is 68.6 Å².